The van der Waals surface area contributed by atoms with Gasteiger partial charge in [-0.15, -0.1) is 0 Å². The van der Waals surface area contributed by atoms with Crippen LogP contribution in [0, 0.1) is 0 Å². The minimum atomic E-state index is -1.67. The fourth-order valence-electron chi connectivity index (χ4n) is 8.02. The molecule has 1 aliphatic rings. The van der Waals surface area contributed by atoms with Gasteiger partial charge in [0, 0.05) is 0 Å². The number of unbranched alkanes of at least 4 members (excludes halogenated alkanes) is 26. The Kier molecular flexibility index (Phi) is 37.9. The Balaban J connectivity index is 2.36. The maximum Gasteiger partial charge on any atom is 0.249 e. The van der Waals surface area contributed by atoms with E-state index in [0.29, 0.717) is 12.8 Å². The van der Waals surface area contributed by atoms with Crippen molar-refractivity contribution in [2.45, 2.75) is 274 Å². The number of nitrogens with one attached hydrogen (secondary N) is 1. The highest BCUT2D eigenvalue weighted by Gasteiger charge is 2.44. The van der Waals surface area contributed by atoms with Gasteiger partial charge in [-0.2, -0.15) is 0 Å². The summed E-state index contributed by atoms with van der Waals surface area (Å²) in [6, 6.07) is -1.18. The second-order valence-corrected chi connectivity index (χ2v) is 17.9. The van der Waals surface area contributed by atoms with Crippen LogP contribution in [0.5, 0.6) is 0 Å². The van der Waals surface area contributed by atoms with Crippen molar-refractivity contribution in [2.75, 3.05) is 13.2 Å². The van der Waals surface area contributed by atoms with Gasteiger partial charge in [0.1, 0.15) is 36.6 Å². The van der Waals surface area contributed by atoms with E-state index in [4.69, 9.17) is 9.47 Å². The Bertz CT molecular complexity index is 1040. The van der Waals surface area contributed by atoms with Crippen LogP contribution in [-0.4, -0.2) is 110 Å². The Labute approximate surface area is 372 Å². The number of ether oxygens (including phenoxy) is 2. The predicted molar refractivity (Wildman–Crippen MR) is 247 cm³/mol. The molecular weight excluding hydrogens is 775 g/mol. The van der Waals surface area contributed by atoms with Gasteiger partial charge in [-0.25, -0.2) is 0 Å². The molecule has 11 nitrogen and oxygen atoms in total. The van der Waals surface area contributed by atoms with Gasteiger partial charge in [-0.05, 0) is 64.2 Å². The second-order valence-electron chi connectivity index (χ2n) is 17.9. The molecule has 0 aromatic carbocycles. The van der Waals surface area contributed by atoms with Gasteiger partial charge in [0.15, 0.2) is 6.29 Å². The van der Waals surface area contributed by atoms with E-state index in [1.165, 1.54) is 141 Å². The van der Waals surface area contributed by atoms with Crippen LogP contribution in [0.15, 0.2) is 24.3 Å². The molecule has 1 fully saturated rings. The van der Waals surface area contributed by atoms with Gasteiger partial charge in [-0.3, -0.25) is 4.79 Å². The standard InChI is InChI=1S/C50H95NO10/c1-3-5-7-9-11-13-15-17-18-19-20-21-22-23-24-25-26-28-30-32-34-36-38-43(54)49(59)51-41(40-60-50-48(58)47(57)46(56)44(39-52)61-50)45(55)42(53)37-35-33-31-29-27-16-14-12-10-8-6-4-2/h17-18,29,31,41-48,50,52-58H,3-16,19-28,30,32-40H2,1-2H3,(H,51,59)/b18-17+,31-29+/t41-,42+,43+,44?,45-,46?,47+,48-,50+/m0/s1. The third-order valence-corrected chi connectivity index (χ3v) is 12.2. The summed E-state index contributed by atoms with van der Waals surface area (Å²) in [5.74, 6) is -0.707. The largest absolute Gasteiger partial charge is 0.394 e. The van der Waals surface area contributed by atoms with E-state index in [1.807, 2.05) is 0 Å². The molecule has 0 saturated carbocycles. The molecule has 0 aromatic heterocycles. The lowest BCUT2D eigenvalue weighted by Crippen LogP contribution is -2.60. The Morgan fingerprint density at radius 3 is 1.41 bits per heavy atom. The molecule has 0 aromatic rings. The zero-order valence-corrected chi connectivity index (χ0v) is 38.9. The summed E-state index contributed by atoms with van der Waals surface area (Å²) in [5.41, 5.74) is 0. The molecule has 1 heterocycles. The third kappa shape index (κ3) is 29.6. The molecular formula is C50H95NO10. The number of aliphatic hydroxyl groups excluding tert-OH is 7. The predicted octanol–water partition coefficient (Wildman–Crippen LogP) is 9.01. The number of allylic oxidation sites excluding steroid dienone is 4. The monoisotopic (exact) mass is 870 g/mol. The van der Waals surface area contributed by atoms with Crippen LogP contribution in [0.2, 0.25) is 0 Å². The second kappa shape index (κ2) is 40.1. The molecule has 61 heavy (non-hydrogen) atoms. The average molecular weight is 870 g/mol. The smallest absolute Gasteiger partial charge is 0.249 e. The molecule has 8 N–H and O–H groups in total. The first kappa shape index (κ1) is 57.6. The maximum atomic E-state index is 13.1. The molecule has 0 radical (unpaired) electrons. The Morgan fingerprint density at radius 1 is 0.557 bits per heavy atom. The number of rotatable bonds is 42. The number of aliphatic hydroxyl groups is 7. The van der Waals surface area contributed by atoms with Crippen LogP contribution >= 0.6 is 0 Å². The highest BCUT2D eigenvalue weighted by Crippen LogP contribution is 2.23. The van der Waals surface area contributed by atoms with Gasteiger partial charge in [0.25, 0.3) is 0 Å². The lowest BCUT2D eigenvalue weighted by Gasteiger charge is -2.40. The summed E-state index contributed by atoms with van der Waals surface area (Å²) >= 11 is 0. The number of hydrogen-bond acceptors (Lipinski definition) is 10. The van der Waals surface area contributed by atoms with Crippen LogP contribution in [0.1, 0.15) is 219 Å². The molecule has 0 spiro atoms. The molecule has 1 rings (SSSR count). The van der Waals surface area contributed by atoms with E-state index in [9.17, 15) is 40.5 Å². The normalized spacial score (nSPS) is 21.6. The average Bonchev–Trinajstić information content (AvgIpc) is 3.26. The molecule has 1 amide bonds. The van der Waals surface area contributed by atoms with Gasteiger partial charge in [-0.1, -0.05) is 179 Å². The van der Waals surface area contributed by atoms with Crippen LogP contribution in [-0.2, 0) is 14.3 Å². The molecule has 1 aliphatic heterocycles. The van der Waals surface area contributed by atoms with Gasteiger partial charge in [0.2, 0.25) is 5.91 Å². The first-order chi connectivity index (χ1) is 29.7. The fraction of sp³-hybridized carbons (Fsp3) is 0.900. The van der Waals surface area contributed by atoms with Crippen molar-refractivity contribution >= 4 is 5.91 Å². The zero-order chi connectivity index (χ0) is 44.8. The molecule has 11 heteroatoms. The van der Waals surface area contributed by atoms with Crippen molar-refractivity contribution in [3.63, 3.8) is 0 Å². The zero-order valence-electron chi connectivity index (χ0n) is 38.9. The molecule has 9 atom stereocenters. The SMILES string of the molecule is CCCCCCCC/C=C/CCCCCCCCCCCCCC[C@@H](O)C(=O)N[C@@H](CO[C@@H]1OC(CO)C(O)[C@@H](O)[C@@H]1O)[C@H](O)[C@H](O)CCC/C=C/CCCCCCCCC. The summed E-state index contributed by atoms with van der Waals surface area (Å²) in [6.45, 7) is 3.41. The van der Waals surface area contributed by atoms with E-state index in [2.05, 4.69) is 43.5 Å². The van der Waals surface area contributed by atoms with Crippen molar-refractivity contribution in [1.29, 1.82) is 0 Å². The summed E-state index contributed by atoms with van der Waals surface area (Å²) in [4.78, 5) is 13.1. The van der Waals surface area contributed by atoms with E-state index < -0.39 is 74.2 Å². The quantitative estimate of drug-likeness (QED) is 0.0217. The fourth-order valence-corrected chi connectivity index (χ4v) is 8.02. The van der Waals surface area contributed by atoms with Crippen molar-refractivity contribution in [3.05, 3.63) is 24.3 Å². The molecule has 0 bridgehead atoms. The van der Waals surface area contributed by atoms with Crippen molar-refractivity contribution < 1.29 is 50.0 Å². The topological polar surface area (TPSA) is 189 Å². The summed E-state index contributed by atoms with van der Waals surface area (Å²) in [5, 5.41) is 75.7. The molecule has 1 saturated heterocycles. The van der Waals surface area contributed by atoms with Crippen LogP contribution in [0.3, 0.4) is 0 Å². The molecule has 0 aliphatic carbocycles. The summed E-state index contributed by atoms with van der Waals surface area (Å²) < 4.78 is 11.1. The third-order valence-electron chi connectivity index (χ3n) is 12.2. The lowest BCUT2D eigenvalue weighted by molar-refractivity contribution is -0.303. The molecule has 360 valence electrons. The van der Waals surface area contributed by atoms with E-state index >= 15 is 0 Å². The number of carbonyl (C=O) groups excluding carboxylic acids is 1. The Morgan fingerprint density at radius 2 is 0.967 bits per heavy atom. The van der Waals surface area contributed by atoms with Crippen LogP contribution < -0.4 is 5.32 Å². The first-order valence-corrected chi connectivity index (χ1v) is 25.2. The highest BCUT2D eigenvalue weighted by molar-refractivity contribution is 5.80. The summed E-state index contributed by atoms with van der Waals surface area (Å²) in [7, 11) is 0. The van der Waals surface area contributed by atoms with Gasteiger partial charge in [0.05, 0.1) is 25.4 Å². The van der Waals surface area contributed by atoms with Crippen molar-refractivity contribution in [2.24, 2.45) is 0 Å². The lowest BCUT2D eigenvalue weighted by atomic mass is 9.98. The van der Waals surface area contributed by atoms with Crippen LogP contribution in [0.4, 0.5) is 0 Å². The molecule has 2 unspecified atom stereocenters. The van der Waals surface area contributed by atoms with Gasteiger partial charge >= 0.3 is 0 Å². The first-order valence-electron chi connectivity index (χ1n) is 25.2. The minimum Gasteiger partial charge on any atom is -0.394 e. The number of amides is 1. The van der Waals surface area contributed by atoms with Crippen molar-refractivity contribution in [1.82, 2.24) is 5.32 Å². The summed E-state index contributed by atoms with van der Waals surface area (Å²) in [6.07, 6.45) is 33.8. The maximum absolute atomic E-state index is 13.1. The highest BCUT2D eigenvalue weighted by atomic mass is 16.7. The van der Waals surface area contributed by atoms with Crippen molar-refractivity contribution in [3.8, 4) is 0 Å². The Hall–Kier alpha value is -1.41. The number of carbonyl (C=O) groups is 1. The van der Waals surface area contributed by atoms with E-state index in [0.717, 1.165) is 38.5 Å². The van der Waals surface area contributed by atoms with Crippen LogP contribution in [0.25, 0.3) is 0 Å². The minimum absolute atomic E-state index is 0.255. The van der Waals surface area contributed by atoms with Gasteiger partial charge < -0.3 is 50.5 Å². The van der Waals surface area contributed by atoms with E-state index in [-0.39, 0.29) is 12.8 Å². The van der Waals surface area contributed by atoms with E-state index in [1.54, 1.807) is 0 Å². The number of hydrogen-bond donors (Lipinski definition) is 8.